The maximum Gasteiger partial charge on any atom is 0.433 e. The van der Waals surface area contributed by atoms with Crippen molar-refractivity contribution in [2.45, 2.75) is 25.1 Å². The van der Waals surface area contributed by atoms with E-state index >= 15 is 0 Å². The molecule has 3 aromatic heterocycles. The molecule has 0 bridgehead atoms. The molecule has 0 saturated carbocycles. The lowest BCUT2D eigenvalue weighted by Gasteiger charge is -2.32. The summed E-state index contributed by atoms with van der Waals surface area (Å²) in [6.45, 7) is 0.832. The zero-order valence-electron chi connectivity index (χ0n) is 14.8. The number of pyridine rings is 1. The van der Waals surface area contributed by atoms with Gasteiger partial charge in [-0.3, -0.25) is 4.79 Å². The average molecular weight is 390 g/mol. The molecule has 1 saturated heterocycles. The molecule has 0 aromatic carbocycles. The molecule has 1 unspecified atom stereocenters. The third-order valence-corrected chi connectivity index (χ3v) is 4.61. The number of nitrogens with zero attached hydrogens (tertiary/aromatic N) is 4. The highest BCUT2D eigenvalue weighted by Gasteiger charge is 2.33. The number of aromatic nitrogens is 3. The van der Waals surface area contributed by atoms with Crippen LogP contribution in [0.1, 0.15) is 28.9 Å². The summed E-state index contributed by atoms with van der Waals surface area (Å²) in [4.78, 5) is 21.7. The third-order valence-electron chi connectivity index (χ3n) is 4.61. The predicted octanol–water partition coefficient (Wildman–Crippen LogP) is 3.43. The largest absolute Gasteiger partial charge is 0.458 e. The van der Waals surface area contributed by atoms with E-state index in [2.05, 4.69) is 9.97 Å². The lowest BCUT2D eigenvalue weighted by atomic mass is 10.1. The number of ether oxygens (including phenoxy) is 1. The van der Waals surface area contributed by atoms with Gasteiger partial charge in [-0.1, -0.05) is 6.07 Å². The SMILES string of the molecule is O=C(c1cc2ccccn2c1)N1CCCC(Oc2nccc(C(F)(F)F)n2)C1. The Labute approximate surface area is 158 Å². The lowest BCUT2D eigenvalue weighted by molar-refractivity contribution is -0.141. The van der Waals surface area contributed by atoms with Crippen LogP contribution >= 0.6 is 0 Å². The quantitative estimate of drug-likeness (QED) is 0.688. The zero-order chi connectivity index (χ0) is 19.7. The van der Waals surface area contributed by atoms with Crippen molar-refractivity contribution in [1.82, 2.24) is 19.3 Å². The molecule has 1 fully saturated rings. The van der Waals surface area contributed by atoms with E-state index in [1.807, 2.05) is 34.9 Å². The second-order valence-electron chi connectivity index (χ2n) is 6.62. The molecule has 4 rings (SSSR count). The van der Waals surface area contributed by atoms with E-state index < -0.39 is 18.0 Å². The summed E-state index contributed by atoms with van der Waals surface area (Å²) in [7, 11) is 0. The van der Waals surface area contributed by atoms with Gasteiger partial charge in [-0.15, -0.1) is 0 Å². The van der Waals surface area contributed by atoms with Crippen LogP contribution < -0.4 is 4.74 Å². The molecular formula is C19H17F3N4O2. The van der Waals surface area contributed by atoms with Crippen molar-refractivity contribution in [3.05, 3.63) is 60.2 Å². The molecule has 1 atom stereocenters. The molecule has 0 N–H and O–H groups in total. The van der Waals surface area contributed by atoms with Crippen LogP contribution in [0, 0.1) is 0 Å². The number of hydrogen-bond acceptors (Lipinski definition) is 4. The van der Waals surface area contributed by atoms with Crippen molar-refractivity contribution >= 4 is 11.4 Å². The molecule has 0 radical (unpaired) electrons. The second-order valence-corrected chi connectivity index (χ2v) is 6.62. The highest BCUT2D eigenvalue weighted by molar-refractivity contribution is 5.95. The highest BCUT2D eigenvalue weighted by atomic mass is 19.4. The monoisotopic (exact) mass is 390 g/mol. The van der Waals surface area contributed by atoms with Crippen molar-refractivity contribution in [3.63, 3.8) is 0 Å². The zero-order valence-corrected chi connectivity index (χ0v) is 14.8. The van der Waals surface area contributed by atoms with Gasteiger partial charge in [-0.05, 0) is 37.1 Å². The number of likely N-dealkylation sites (tertiary alicyclic amines) is 1. The van der Waals surface area contributed by atoms with Crippen LogP contribution in [-0.2, 0) is 6.18 Å². The number of hydrogen-bond donors (Lipinski definition) is 0. The van der Waals surface area contributed by atoms with E-state index in [1.165, 1.54) is 0 Å². The molecule has 1 amide bonds. The normalized spacial score (nSPS) is 17.7. The van der Waals surface area contributed by atoms with Crippen LogP contribution in [0.4, 0.5) is 13.2 Å². The van der Waals surface area contributed by atoms with Gasteiger partial charge in [0.05, 0.1) is 12.1 Å². The van der Waals surface area contributed by atoms with E-state index in [-0.39, 0.29) is 18.5 Å². The van der Waals surface area contributed by atoms with Crippen molar-refractivity contribution in [2.24, 2.45) is 0 Å². The van der Waals surface area contributed by atoms with E-state index in [1.54, 1.807) is 11.1 Å². The van der Waals surface area contributed by atoms with Gasteiger partial charge >= 0.3 is 12.2 Å². The Morgan fingerprint density at radius 2 is 2.11 bits per heavy atom. The van der Waals surface area contributed by atoms with Gasteiger partial charge < -0.3 is 14.0 Å². The fourth-order valence-corrected chi connectivity index (χ4v) is 3.28. The fourth-order valence-electron chi connectivity index (χ4n) is 3.28. The van der Waals surface area contributed by atoms with Crippen LogP contribution in [0.25, 0.3) is 5.52 Å². The summed E-state index contributed by atoms with van der Waals surface area (Å²) < 4.78 is 45.8. The first-order chi connectivity index (χ1) is 13.4. The molecule has 1 aliphatic heterocycles. The summed E-state index contributed by atoms with van der Waals surface area (Å²) in [5, 5.41) is 0. The Balaban J connectivity index is 1.46. The first kappa shape index (κ1) is 18.3. The predicted molar refractivity (Wildman–Crippen MR) is 94.0 cm³/mol. The number of amides is 1. The maximum atomic E-state index is 12.8. The van der Waals surface area contributed by atoms with Crippen molar-refractivity contribution < 1.29 is 22.7 Å². The van der Waals surface area contributed by atoms with Gasteiger partial charge in [0, 0.05) is 30.7 Å². The van der Waals surface area contributed by atoms with Crippen LogP contribution in [0.15, 0.2) is 48.9 Å². The van der Waals surface area contributed by atoms with E-state index in [9.17, 15) is 18.0 Å². The van der Waals surface area contributed by atoms with Gasteiger partial charge in [0.2, 0.25) is 0 Å². The number of piperidine rings is 1. The third kappa shape index (κ3) is 3.78. The minimum absolute atomic E-state index is 0.137. The van der Waals surface area contributed by atoms with Crippen LogP contribution in [-0.4, -0.2) is 44.4 Å². The molecular weight excluding hydrogens is 373 g/mol. The number of alkyl halides is 3. The lowest BCUT2D eigenvalue weighted by Crippen LogP contribution is -2.44. The number of carbonyl (C=O) groups is 1. The Bertz CT molecular complexity index is 969. The standard InChI is InChI=1S/C19H17F3N4O2/c20-19(21,22)16-6-7-23-18(24-16)28-15-5-3-9-26(12-15)17(27)13-10-14-4-1-2-8-25(14)11-13/h1-2,4,6-8,10-11,15H,3,5,9,12H2. The van der Waals surface area contributed by atoms with E-state index in [4.69, 9.17) is 4.74 Å². The molecule has 6 nitrogen and oxygen atoms in total. The van der Waals surface area contributed by atoms with Crippen molar-refractivity contribution in [3.8, 4) is 6.01 Å². The second kappa shape index (κ2) is 7.14. The number of fused-ring (bicyclic) bond motifs is 1. The minimum Gasteiger partial charge on any atom is -0.458 e. The molecule has 28 heavy (non-hydrogen) atoms. The molecule has 4 heterocycles. The smallest absolute Gasteiger partial charge is 0.433 e. The van der Waals surface area contributed by atoms with E-state index in [0.717, 1.165) is 17.8 Å². The molecule has 146 valence electrons. The van der Waals surface area contributed by atoms with E-state index in [0.29, 0.717) is 24.9 Å². The Kier molecular flexibility index (Phi) is 4.66. The Hall–Kier alpha value is -3.10. The Morgan fingerprint density at radius 1 is 1.25 bits per heavy atom. The first-order valence-corrected chi connectivity index (χ1v) is 8.83. The van der Waals surface area contributed by atoms with Gasteiger partial charge in [0.1, 0.15) is 6.10 Å². The maximum absolute atomic E-state index is 12.8. The molecule has 1 aliphatic rings. The first-order valence-electron chi connectivity index (χ1n) is 8.83. The summed E-state index contributed by atoms with van der Waals surface area (Å²) >= 11 is 0. The minimum atomic E-state index is -4.56. The van der Waals surface area contributed by atoms with Crippen LogP contribution in [0.3, 0.4) is 0 Å². The van der Waals surface area contributed by atoms with Gasteiger partial charge in [-0.25, -0.2) is 4.98 Å². The van der Waals surface area contributed by atoms with Gasteiger partial charge in [0.15, 0.2) is 5.69 Å². The van der Waals surface area contributed by atoms with Crippen LogP contribution in [0.2, 0.25) is 0 Å². The van der Waals surface area contributed by atoms with Crippen molar-refractivity contribution in [2.75, 3.05) is 13.1 Å². The summed E-state index contributed by atoms with van der Waals surface area (Å²) in [5.41, 5.74) is 0.414. The number of carbonyl (C=O) groups excluding carboxylic acids is 1. The van der Waals surface area contributed by atoms with Crippen molar-refractivity contribution in [1.29, 1.82) is 0 Å². The van der Waals surface area contributed by atoms with Crippen LogP contribution in [0.5, 0.6) is 6.01 Å². The summed E-state index contributed by atoms with van der Waals surface area (Å²) in [6.07, 6.45) is 0.913. The number of rotatable bonds is 3. The van der Waals surface area contributed by atoms with Gasteiger partial charge in [0.25, 0.3) is 5.91 Å². The fraction of sp³-hybridized carbons (Fsp3) is 0.316. The summed E-state index contributed by atoms with van der Waals surface area (Å²) in [5.74, 6) is -0.137. The Morgan fingerprint density at radius 3 is 2.89 bits per heavy atom. The number of halogens is 3. The molecule has 3 aromatic rings. The van der Waals surface area contributed by atoms with Gasteiger partial charge in [-0.2, -0.15) is 18.2 Å². The average Bonchev–Trinajstić information content (AvgIpc) is 3.11. The summed E-state index contributed by atoms with van der Waals surface area (Å²) in [6, 6.07) is 7.95. The molecule has 0 spiro atoms. The molecule has 0 aliphatic carbocycles. The highest BCUT2D eigenvalue weighted by Crippen LogP contribution is 2.28. The molecule has 9 heteroatoms. The topological polar surface area (TPSA) is 59.7 Å².